The Bertz CT molecular complexity index is 480. The van der Waals surface area contributed by atoms with Crippen LogP contribution in [0.4, 0.5) is 11.5 Å². The summed E-state index contributed by atoms with van der Waals surface area (Å²) < 4.78 is 0. The molecule has 1 aliphatic heterocycles. The lowest BCUT2D eigenvalue weighted by atomic mass is 10.0. The van der Waals surface area contributed by atoms with Crippen molar-refractivity contribution in [3.8, 4) is 6.07 Å². The minimum absolute atomic E-state index is 0.511. The summed E-state index contributed by atoms with van der Waals surface area (Å²) in [6, 6.07) is 4.48. The van der Waals surface area contributed by atoms with Gasteiger partial charge in [-0.15, -0.1) is 0 Å². The van der Waals surface area contributed by atoms with Crippen LogP contribution in [0.25, 0.3) is 0 Å². The van der Waals surface area contributed by atoms with Gasteiger partial charge in [0.05, 0.1) is 17.4 Å². The summed E-state index contributed by atoms with van der Waals surface area (Å²) in [6.07, 6.45) is 6.62. The number of nitrogens with zero attached hydrogens (tertiary/aromatic N) is 3. The number of nitriles is 1. The van der Waals surface area contributed by atoms with Crippen molar-refractivity contribution in [3.05, 3.63) is 17.8 Å². The zero-order valence-electron chi connectivity index (χ0n) is 12.1. The highest BCUT2D eigenvalue weighted by atomic mass is 15.2. The van der Waals surface area contributed by atoms with Gasteiger partial charge in [-0.25, -0.2) is 4.98 Å². The number of piperidine rings is 1. The van der Waals surface area contributed by atoms with Crippen LogP contribution in [0.1, 0.15) is 38.2 Å². The molecule has 20 heavy (non-hydrogen) atoms. The number of rotatable bonds is 5. The fourth-order valence-electron chi connectivity index (χ4n) is 2.69. The molecule has 2 heterocycles. The Balaban J connectivity index is 1.77. The minimum Gasteiger partial charge on any atom is -0.397 e. The van der Waals surface area contributed by atoms with Crippen molar-refractivity contribution < 1.29 is 0 Å². The second-order valence-corrected chi connectivity index (χ2v) is 5.44. The summed E-state index contributed by atoms with van der Waals surface area (Å²) in [5, 5.41) is 12.3. The van der Waals surface area contributed by atoms with Gasteiger partial charge in [-0.3, -0.25) is 0 Å². The van der Waals surface area contributed by atoms with Crippen LogP contribution in [0.15, 0.2) is 12.3 Å². The van der Waals surface area contributed by atoms with E-state index in [0.717, 1.165) is 19.5 Å². The number of pyridine rings is 1. The first-order chi connectivity index (χ1) is 9.70. The monoisotopic (exact) mass is 273 g/mol. The maximum atomic E-state index is 9.04. The van der Waals surface area contributed by atoms with Gasteiger partial charge in [0.25, 0.3) is 0 Å². The van der Waals surface area contributed by atoms with E-state index in [-0.39, 0.29) is 0 Å². The molecule has 1 saturated heterocycles. The topological polar surface area (TPSA) is 78.0 Å². The van der Waals surface area contributed by atoms with Crippen molar-refractivity contribution in [3.63, 3.8) is 0 Å². The van der Waals surface area contributed by atoms with Crippen LogP contribution in [-0.2, 0) is 0 Å². The molecule has 1 fully saturated rings. The quantitative estimate of drug-likeness (QED) is 0.804. The maximum absolute atomic E-state index is 9.04. The number of nitrogen functional groups attached to an aromatic ring is 1. The van der Waals surface area contributed by atoms with Gasteiger partial charge in [0, 0.05) is 19.1 Å². The smallest absolute Gasteiger partial charge is 0.144 e. The van der Waals surface area contributed by atoms with Gasteiger partial charge >= 0.3 is 0 Å². The third kappa shape index (κ3) is 3.84. The van der Waals surface area contributed by atoms with E-state index < -0.39 is 0 Å². The summed E-state index contributed by atoms with van der Waals surface area (Å²) in [4.78, 5) is 6.72. The van der Waals surface area contributed by atoms with E-state index in [1.165, 1.54) is 25.8 Å². The molecule has 1 aromatic heterocycles. The van der Waals surface area contributed by atoms with E-state index >= 15 is 0 Å². The minimum atomic E-state index is 0.511. The second kappa shape index (κ2) is 7.11. The zero-order chi connectivity index (χ0) is 14.4. The van der Waals surface area contributed by atoms with Crippen LogP contribution in [0, 0.1) is 11.3 Å². The van der Waals surface area contributed by atoms with Crippen molar-refractivity contribution in [1.82, 2.24) is 9.88 Å². The number of nitrogens with one attached hydrogen (secondary N) is 1. The van der Waals surface area contributed by atoms with Crippen LogP contribution in [0.5, 0.6) is 0 Å². The molecule has 0 bridgehead atoms. The molecule has 0 amide bonds. The summed E-state index contributed by atoms with van der Waals surface area (Å²) in [6.45, 7) is 5.45. The molecule has 1 aliphatic rings. The number of likely N-dealkylation sites (tertiary alicyclic amines) is 1. The fraction of sp³-hybridized carbons (Fsp3) is 0.600. The third-order valence-corrected chi connectivity index (χ3v) is 3.88. The van der Waals surface area contributed by atoms with Gasteiger partial charge < -0.3 is 16.0 Å². The summed E-state index contributed by atoms with van der Waals surface area (Å²) in [7, 11) is 0. The third-order valence-electron chi connectivity index (χ3n) is 3.88. The average molecular weight is 273 g/mol. The number of hydrogen-bond donors (Lipinski definition) is 2. The van der Waals surface area contributed by atoms with Crippen LogP contribution in [0.3, 0.4) is 0 Å². The molecular weight excluding hydrogens is 250 g/mol. The molecule has 5 heteroatoms. The second-order valence-electron chi connectivity index (χ2n) is 5.44. The van der Waals surface area contributed by atoms with E-state index in [2.05, 4.69) is 28.2 Å². The molecule has 0 aromatic carbocycles. The summed E-state index contributed by atoms with van der Waals surface area (Å²) >= 11 is 0. The molecule has 0 radical (unpaired) electrons. The van der Waals surface area contributed by atoms with E-state index in [1.807, 2.05) is 0 Å². The molecule has 0 saturated carbocycles. The average Bonchev–Trinajstić information content (AvgIpc) is 2.46. The highest BCUT2D eigenvalue weighted by molar-refractivity contribution is 5.57. The highest BCUT2D eigenvalue weighted by Crippen LogP contribution is 2.17. The standard InChI is InChI=1S/C15H23N5/c1-12-5-2-3-7-20(12)8-4-6-18-15-13(10-16)9-14(17)11-19-15/h9,11-12H,2-8,17H2,1H3,(H,18,19). The first-order valence-corrected chi connectivity index (χ1v) is 7.34. The molecule has 5 nitrogen and oxygen atoms in total. The van der Waals surface area contributed by atoms with E-state index in [9.17, 15) is 0 Å². The molecule has 0 spiro atoms. The van der Waals surface area contributed by atoms with Crippen LogP contribution >= 0.6 is 0 Å². The number of hydrogen-bond acceptors (Lipinski definition) is 5. The van der Waals surface area contributed by atoms with Gasteiger partial charge in [0.2, 0.25) is 0 Å². The number of aromatic nitrogens is 1. The van der Waals surface area contributed by atoms with Gasteiger partial charge in [-0.05, 0) is 38.8 Å². The van der Waals surface area contributed by atoms with Crippen molar-refractivity contribution in [2.75, 3.05) is 30.7 Å². The molecule has 2 rings (SSSR count). The lowest BCUT2D eigenvalue weighted by Crippen LogP contribution is -2.38. The van der Waals surface area contributed by atoms with Crippen molar-refractivity contribution in [1.29, 1.82) is 5.26 Å². The number of anilines is 2. The van der Waals surface area contributed by atoms with Gasteiger partial charge in [-0.2, -0.15) is 5.26 Å². The normalized spacial score (nSPS) is 19.5. The maximum Gasteiger partial charge on any atom is 0.144 e. The van der Waals surface area contributed by atoms with Crippen molar-refractivity contribution >= 4 is 11.5 Å². The largest absolute Gasteiger partial charge is 0.397 e. The first kappa shape index (κ1) is 14.6. The molecule has 1 unspecified atom stereocenters. The van der Waals surface area contributed by atoms with Crippen LogP contribution < -0.4 is 11.1 Å². The molecular formula is C15H23N5. The van der Waals surface area contributed by atoms with Crippen LogP contribution in [0.2, 0.25) is 0 Å². The molecule has 0 aliphatic carbocycles. The summed E-state index contributed by atoms with van der Waals surface area (Å²) in [5.41, 5.74) is 6.66. The Morgan fingerprint density at radius 1 is 1.55 bits per heavy atom. The lowest BCUT2D eigenvalue weighted by Gasteiger charge is -2.33. The van der Waals surface area contributed by atoms with Gasteiger partial charge in [0.15, 0.2) is 0 Å². The Kier molecular flexibility index (Phi) is 5.19. The zero-order valence-corrected chi connectivity index (χ0v) is 12.1. The fourth-order valence-corrected chi connectivity index (χ4v) is 2.69. The molecule has 1 aromatic rings. The Hall–Kier alpha value is -1.80. The molecule has 108 valence electrons. The van der Waals surface area contributed by atoms with Crippen molar-refractivity contribution in [2.24, 2.45) is 0 Å². The SMILES string of the molecule is CC1CCCCN1CCCNc1ncc(N)cc1C#N. The lowest BCUT2D eigenvalue weighted by molar-refractivity contribution is 0.160. The van der Waals surface area contributed by atoms with E-state index in [0.29, 0.717) is 23.1 Å². The number of nitrogens with two attached hydrogens (primary N) is 1. The first-order valence-electron chi connectivity index (χ1n) is 7.34. The van der Waals surface area contributed by atoms with E-state index in [4.69, 9.17) is 11.0 Å². The Labute approximate surface area is 120 Å². The molecule has 1 atom stereocenters. The van der Waals surface area contributed by atoms with E-state index in [1.54, 1.807) is 12.3 Å². The predicted octanol–water partition coefficient (Wildman–Crippen LogP) is 2.21. The Morgan fingerprint density at radius 2 is 2.40 bits per heavy atom. The van der Waals surface area contributed by atoms with Gasteiger partial charge in [0.1, 0.15) is 11.9 Å². The molecule has 3 N–H and O–H groups in total. The summed E-state index contributed by atoms with van der Waals surface area (Å²) in [5.74, 6) is 0.633. The highest BCUT2D eigenvalue weighted by Gasteiger charge is 2.17. The van der Waals surface area contributed by atoms with Gasteiger partial charge in [-0.1, -0.05) is 6.42 Å². The predicted molar refractivity (Wildman–Crippen MR) is 81.4 cm³/mol. The van der Waals surface area contributed by atoms with Crippen molar-refractivity contribution in [2.45, 2.75) is 38.6 Å². The Morgan fingerprint density at radius 3 is 3.15 bits per heavy atom. The van der Waals surface area contributed by atoms with Crippen LogP contribution in [-0.4, -0.2) is 35.6 Å².